The Kier molecular flexibility index (Phi) is 3.97. The molecule has 0 aliphatic carbocycles. The van der Waals surface area contributed by atoms with E-state index < -0.39 is 11.8 Å². The van der Waals surface area contributed by atoms with Crippen LogP contribution in [-0.4, -0.2) is 23.0 Å². The number of rotatable bonds is 5. The zero-order chi connectivity index (χ0) is 13.8. The van der Waals surface area contributed by atoms with Gasteiger partial charge in [0.25, 0.3) is 0 Å². The highest BCUT2D eigenvalue weighted by molar-refractivity contribution is 5.89. The van der Waals surface area contributed by atoms with Gasteiger partial charge in [-0.1, -0.05) is 0 Å². The first-order valence-electron chi connectivity index (χ1n) is 5.77. The van der Waals surface area contributed by atoms with Crippen molar-refractivity contribution >= 4 is 5.97 Å². The van der Waals surface area contributed by atoms with E-state index in [1.54, 1.807) is 12.5 Å². The largest absolute Gasteiger partial charge is 0.478 e. The Morgan fingerprint density at radius 1 is 1.37 bits per heavy atom. The fraction of sp³-hybridized carbons (Fsp3) is 0.214. The van der Waals surface area contributed by atoms with E-state index in [2.05, 4.69) is 0 Å². The van der Waals surface area contributed by atoms with E-state index in [0.717, 1.165) is 11.6 Å². The number of hydrogen-bond donors (Lipinski definition) is 1. The molecule has 2 rings (SSSR count). The van der Waals surface area contributed by atoms with Crippen LogP contribution in [0.25, 0.3) is 0 Å². The molecule has 0 atom stereocenters. The molecule has 0 spiro atoms. The maximum absolute atomic E-state index is 13.2. The maximum Gasteiger partial charge on any atom is 0.336 e. The van der Waals surface area contributed by atoms with E-state index in [0.29, 0.717) is 18.7 Å². The van der Waals surface area contributed by atoms with Gasteiger partial charge in [-0.15, -0.1) is 0 Å². The van der Waals surface area contributed by atoms with Gasteiger partial charge in [0.05, 0.1) is 18.1 Å². The van der Waals surface area contributed by atoms with Gasteiger partial charge in [-0.2, -0.15) is 0 Å². The van der Waals surface area contributed by atoms with Crippen LogP contribution in [0.1, 0.15) is 21.5 Å². The van der Waals surface area contributed by atoms with Gasteiger partial charge in [0.15, 0.2) is 0 Å². The Balaban J connectivity index is 2.13. The lowest BCUT2D eigenvalue weighted by Crippen LogP contribution is -2.19. The number of aromatic carboxylic acids is 1. The van der Waals surface area contributed by atoms with Crippen molar-refractivity contribution in [3.63, 3.8) is 0 Å². The van der Waals surface area contributed by atoms with Crippen LogP contribution in [0.3, 0.4) is 0 Å². The summed E-state index contributed by atoms with van der Waals surface area (Å²) in [6.07, 6.45) is 3.20. The Morgan fingerprint density at radius 2 is 2.16 bits per heavy atom. The quantitative estimate of drug-likeness (QED) is 0.901. The summed E-state index contributed by atoms with van der Waals surface area (Å²) >= 11 is 0. The molecule has 0 aliphatic heterocycles. The molecule has 0 fully saturated rings. The first-order valence-corrected chi connectivity index (χ1v) is 5.77. The monoisotopic (exact) mass is 263 g/mol. The van der Waals surface area contributed by atoms with Crippen molar-refractivity contribution in [2.75, 3.05) is 7.05 Å². The van der Waals surface area contributed by atoms with Gasteiger partial charge in [-0.3, -0.25) is 4.90 Å². The zero-order valence-electron chi connectivity index (χ0n) is 10.5. The highest BCUT2D eigenvalue weighted by Crippen LogP contribution is 2.15. The topological polar surface area (TPSA) is 53.7 Å². The van der Waals surface area contributed by atoms with Gasteiger partial charge in [0, 0.05) is 18.7 Å². The van der Waals surface area contributed by atoms with E-state index in [1.165, 1.54) is 12.1 Å². The number of halogens is 1. The SMILES string of the molecule is CN(Cc1ccoc1)Cc1cc(F)ccc1C(=O)O. The van der Waals surface area contributed by atoms with Crippen molar-refractivity contribution in [3.05, 3.63) is 59.3 Å². The average molecular weight is 263 g/mol. The molecule has 1 aromatic heterocycles. The molecule has 1 aromatic carbocycles. The van der Waals surface area contributed by atoms with Crippen LogP contribution in [0.4, 0.5) is 4.39 Å². The number of nitrogens with zero attached hydrogens (tertiary/aromatic N) is 1. The van der Waals surface area contributed by atoms with Crippen LogP contribution >= 0.6 is 0 Å². The molecule has 2 aromatic rings. The van der Waals surface area contributed by atoms with Gasteiger partial charge < -0.3 is 9.52 Å². The third kappa shape index (κ3) is 3.42. The van der Waals surface area contributed by atoms with Gasteiger partial charge in [-0.25, -0.2) is 9.18 Å². The summed E-state index contributed by atoms with van der Waals surface area (Å²) in [5, 5.41) is 9.07. The number of furan rings is 1. The molecule has 0 aliphatic rings. The first-order chi connectivity index (χ1) is 9.06. The average Bonchev–Trinajstić information content (AvgIpc) is 2.81. The minimum Gasteiger partial charge on any atom is -0.478 e. The van der Waals surface area contributed by atoms with Crippen molar-refractivity contribution in [2.24, 2.45) is 0 Å². The summed E-state index contributed by atoms with van der Waals surface area (Å²) in [7, 11) is 1.84. The Labute approximate surface area is 110 Å². The van der Waals surface area contributed by atoms with Crippen molar-refractivity contribution in [1.82, 2.24) is 4.90 Å². The smallest absolute Gasteiger partial charge is 0.336 e. The van der Waals surface area contributed by atoms with E-state index in [-0.39, 0.29) is 5.56 Å². The van der Waals surface area contributed by atoms with E-state index in [4.69, 9.17) is 9.52 Å². The van der Waals surface area contributed by atoms with Crippen LogP contribution in [0.15, 0.2) is 41.2 Å². The fourth-order valence-electron chi connectivity index (χ4n) is 1.94. The maximum atomic E-state index is 13.2. The lowest BCUT2D eigenvalue weighted by molar-refractivity contribution is 0.0694. The summed E-state index contributed by atoms with van der Waals surface area (Å²) in [6.45, 7) is 0.955. The molecule has 100 valence electrons. The van der Waals surface area contributed by atoms with Crippen LogP contribution in [0.2, 0.25) is 0 Å². The Bertz CT molecular complexity index is 566. The molecule has 1 N–H and O–H groups in total. The van der Waals surface area contributed by atoms with Gasteiger partial charge >= 0.3 is 5.97 Å². The first kappa shape index (κ1) is 13.3. The summed E-state index contributed by atoms with van der Waals surface area (Å²) in [5.74, 6) is -1.48. The van der Waals surface area contributed by atoms with Gasteiger partial charge in [0.1, 0.15) is 5.82 Å². The summed E-state index contributed by atoms with van der Waals surface area (Å²) in [4.78, 5) is 13.0. The highest BCUT2D eigenvalue weighted by atomic mass is 19.1. The summed E-state index contributed by atoms with van der Waals surface area (Å²) in [5.41, 5.74) is 1.56. The van der Waals surface area contributed by atoms with E-state index in [1.807, 2.05) is 18.0 Å². The standard InChI is InChI=1S/C14H14FNO3/c1-16(7-10-4-5-19-9-10)8-11-6-12(15)2-3-13(11)14(17)18/h2-6,9H,7-8H2,1H3,(H,17,18). The number of carboxylic acid groups (broad SMARTS) is 1. The third-order valence-electron chi connectivity index (χ3n) is 2.77. The predicted molar refractivity (Wildman–Crippen MR) is 67.2 cm³/mol. The van der Waals surface area contributed by atoms with Crippen molar-refractivity contribution in [1.29, 1.82) is 0 Å². The minimum atomic E-state index is -1.05. The zero-order valence-corrected chi connectivity index (χ0v) is 10.5. The van der Waals surface area contributed by atoms with Gasteiger partial charge in [-0.05, 0) is 36.9 Å². The van der Waals surface area contributed by atoms with E-state index in [9.17, 15) is 9.18 Å². The second-order valence-corrected chi connectivity index (χ2v) is 4.41. The number of hydrogen-bond acceptors (Lipinski definition) is 3. The van der Waals surface area contributed by atoms with Crippen molar-refractivity contribution in [3.8, 4) is 0 Å². The molecule has 0 saturated heterocycles. The number of carbonyl (C=O) groups is 1. The van der Waals surface area contributed by atoms with Gasteiger partial charge in [0.2, 0.25) is 0 Å². The molecular weight excluding hydrogens is 249 g/mol. The molecule has 0 amide bonds. The molecular formula is C14H14FNO3. The normalized spacial score (nSPS) is 10.9. The third-order valence-corrected chi connectivity index (χ3v) is 2.77. The fourth-order valence-corrected chi connectivity index (χ4v) is 1.94. The predicted octanol–water partition coefficient (Wildman–Crippen LogP) is 2.75. The lowest BCUT2D eigenvalue weighted by Gasteiger charge is -2.17. The second kappa shape index (κ2) is 5.67. The lowest BCUT2D eigenvalue weighted by atomic mass is 10.1. The Hall–Kier alpha value is -2.14. The molecule has 0 radical (unpaired) electrons. The Morgan fingerprint density at radius 3 is 2.79 bits per heavy atom. The van der Waals surface area contributed by atoms with Crippen molar-refractivity contribution in [2.45, 2.75) is 13.1 Å². The molecule has 5 heteroatoms. The molecule has 19 heavy (non-hydrogen) atoms. The van der Waals surface area contributed by atoms with Crippen molar-refractivity contribution < 1.29 is 18.7 Å². The molecule has 0 saturated carbocycles. The summed E-state index contributed by atoms with van der Waals surface area (Å²) < 4.78 is 18.2. The van der Waals surface area contributed by atoms with Crippen LogP contribution in [0, 0.1) is 5.82 Å². The highest BCUT2D eigenvalue weighted by Gasteiger charge is 2.13. The van der Waals surface area contributed by atoms with Crippen LogP contribution in [-0.2, 0) is 13.1 Å². The number of benzene rings is 1. The van der Waals surface area contributed by atoms with E-state index >= 15 is 0 Å². The molecule has 0 bridgehead atoms. The van der Waals surface area contributed by atoms with Crippen LogP contribution in [0.5, 0.6) is 0 Å². The molecule has 1 heterocycles. The summed E-state index contributed by atoms with van der Waals surface area (Å²) in [6, 6.07) is 5.54. The second-order valence-electron chi connectivity index (χ2n) is 4.41. The molecule has 4 nitrogen and oxygen atoms in total. The van der Waals surface area contributed by atoms with Crippen LogP contribution < -0.4 is 0 Å². The minimum absolute atomic E-state index is 0.125. The molecule has 0 unspecified atom stereocenters. The number of carboxylic acids is 1.